The molecule has 228 valence electrons. The fourth-order valence-electron chi connectivity index (χ4n) is 7.06. The molecule has 49 heavy (non-hydrogen) atoms. The van der Waals surface area contributed by atoms with Crippen molar-refractivity contribution < 1.29 is 22.2 Å². The Morgan fingerprint density at radius 1 is 0.367 bits per heavy atom. The smallest absolute Gasteiger partial charge is 0.136 e. The molecular formula is C48H30O. The molecule has 0 N–H and O–H groups in total. The van der Waals surface area contributed by atoms with Crippen LogP contribution in [0, 0.1) is 0 Å². The molecule has 0 aliphatic heterocycles. The molecule has 9 aromatic carbocycles. The standard InChI is InChI=1S/C48H30O/c1-2-13-33(14-3-1)46-39-17-6-8-19-41(39)47(42-20-9-7-18-40(42)46)34-26-24-31(25-27-34)35-28-29-44-43(30-35)48-38(22-11-23-45(48)49-44)37-21-10-15-32-12-4-5-16-36(32)37/h1-30H/i1D,2D,3D,6D,7D,8D,9D,13D,14D,17D,18D,19D,20D. The van der Waals surface area contributed by atoms with E-state index < -0.39 is 84.1 Å². The molecule has 0 aliphatic rings. The number of rotatable bonds is 4. The van der Waals surface area contributed by atoms with Gasteiger partial charge in [0.2, 0.25) is 0 Å². The largest absolute Gasteiger partial charge is 0.456 e. The van der Waals surface area contributed by atoms with Gasteiger partial charge in [0, 0.05) is 10.8 Å². The molecule has 0 fully saturated rings. The van der Waals surface area contributed by atoms with Gasteiger partial charge < -0.3 is 4.42 Å². The lowest BCUT2D eigenvalue weighted by atomic mass is 9.85. The van der Waals surface area contributed by atoms with E-state index in [1.54, 1.807) is 12.1 Å². The third kappa shape index (κ3) is 4.40. The van der Waals surface area contributed by atoms with Crippen LogP contribution in [0.1, 0.15) is 17.8 Å². The van der Waals surface area contributed by atoms with E-state index in [4.69, 9.17) is 16.8 Å². The molecule has 0 unspecified atom stereocenters. The van der Waals surface area contributed by atoms with E-state index in [1.165, 1.54) is 0 Å². The van der Waals surface area contributed by atoms with Gasteiger partial charge in [-0.1, -0.05) is 163 Å². The van der Waals surface area contributed by atoms with Crippen LogP contribution in [0.25, 0.3) is 98.8 Å². The highest BCUT2D eigenvalue weighted by Crippen LogP contribution is 2.44. The predicted molar refractivity (Wildman–Crippen MR) is 208 cm³/mol. The first-order chi connectivity index (χ1) is 29.7. The molecule has 1 heterocycles. The van der Waals surface area contributed by atoms with Gasteiger partial charge in [0.05, 0.1) is 17.8 Å². The van der Waals surface area contributed by atoms with E-state index in [0.717, 1.165) is 49.4 Å². The molecule has 0 spiro atoms. The summed E-state index contributed by atoms with van der Waals surface area (Å²) in [6.07, 6.45) is 0. The summed E-state index contributed by atoms with van der Waals surface area (Å²) in [6.45, 7) is 0. The van der Waals surface area contributed by atoms with Crippen LogP contribution >= 0.6 is 0 Å². The van der Waals surface area contributed by atoms with Gasteiger partial charge in [0.1, 0.15) is 11.2 Å². The molecular weight excluding hydrogens is 593 g/mol. The van der Waals surface area contributed by atoms with E-state index in [1.807, 2.05) is 54.6 Å². The first kappa shape index (κ1) is 17.6. The summed E-state index contributed by atoms with van der Waals surface area (Å²) in [5.74, 6) is 0. The number of hydrogen-bond donors (Lipinski definition) is 0. The summed E-state index contributed by atoms with van der Waals surface area (Å²) >= 11 is 0. The van der Waals surface area contributed by atoms with Crippen LogP contribution < -0.4 is 0 Å². The Morgan fingerprint density at radius 2 is 0.939 bits per heavy atom. The minimum atomic E-state index is -0.713. The van der Waals surface area contributed by atoms with Crippen LogP contribution in [0.3, 0.4) is 0 Å². The quantitative estimate of drug-likeness (QED) is 0.175. The van der Waals surface area contributed by atoms with Gasteiger partial charge >= 0.3 is 0 Å². The number of furan rings is 1. The molecule has 0 amide bonds. The summed E-state index contributed by atoms with van der Waals surface area (Å²) in [5.41, 5.74) is 4.82. The minimum absolute atomic E-state index is 0.0766. The van der Waals surface area contributed by atoms with E-state index in [-0.39, 0.29) is 32.7 Å². The Bertz CT molecular complexity index is 3500. The molecule has 10 rings (SSSR count). The van der Waals surface area contributed by atoms with Gasteiger partial charge in [0.25, 0.3) is 0 Å². The van der Waals surface area contributed by atoms with Gasteiger partial charge in [-0.25, -0.2) is 0 Å². The topological polar surface area (TPSA) is 13.1 Å². The highest BCUT2D eigenvalue weighted by molar-refractivity contribution is 6.21. The maximum Gasteiger partial charge on any atom is 0.136 e. The normalized spacial score (nSPS) is 15.4. The van der Waals surface area contributed by atoms with Gasteiger partial charge in [-0.15, -0.1) is 0 Å². The van der Waals surface area contributed by atoms with Crippen molar-refractivity contribution >= 4 is 54.3 Å². The third-order valence-electron chi connectivity index (χ3n) is 9.21. The van der Waals surface area contributed by atoms with Crippen LogP contribution in [-0.2, 0) is 0 Å². The van der Waals surface area contributed by atoms with Crippen molar-refractivity contribution in [1.82, 2.24) is 0 Å². The van der Waals surface area contributed by atoms with Crippen molar-refractivity contribution in [2.75, 3.05) is 0 Å². The molecule has 0 bridgehead atoms. The second-order valence-electron chi connectivity index (χ2n) is 11.8. The lowest BCUT2D eigenvalue weighted by molar-refractivity contribution is 0.669. The zero-order valence-electron chi connectivity index (χ0n) is 38.7. The fourth-order valence-corrected chi connectivity index (χ4v) is 7.06. The molecule has 1 nitrogen and oxygen atoms in total. The summed E-state index contributed by atoms with van der Waals surface area (Å²) in [5, 5.41) is 3.34. The molecule has 0 radical (unpaired) electrons. The van der Waals surface area contributed by atoms with E-state index in [2.05, 4.69) is 36.4 Å². The summed E-state index contributed by atoms with van der Waals surface area (Å²) in [7, 11) is 0. The maximum absolute atomic E-state index is 9.23. The Kier molecular flexibility index (Phi) is 3.99. The lowest BCUT2D eigenvalue weighted by Crippen LogP contribution is -1.90. The second kappa shape index (κ2) is 11.1. The molecule has 0 aliphatic carbocycles. The zero-order valence-corrected chi connectivity index (χ0v) is 25.7. The third-order valence-corrected chi connectivity index (χ3v) is 9.21. The highest BCUT2D eigenvalue weighted by atomic mass is 16.3. The Labute approximate surface area is 302 Å². The lowest BCUT2D eigenvalue weighted by Gasteiger charge is -2.18. The van der Waals surface area contributed by atoms with Crippen LogP contribution in [0.5, 0.6) is 0 Å². The van der Waals surface area contributed by atoms with Gasteiger partial charge in [0.15, 0.2) is 0 Å². The predicted octanol–water partition coefficient (Wildman–Crippen LogP) is 13.7. The van der Waals surface area contributed by atoms with E-state index >= 15 is 0 Å². The van der Waals surface area contributed by atoms with Crippen molar-refractivity contribution in [3.8, 4) is 44.5 Å². The van der Waals surface area contributed by atoms with Crippen LogP contribution in [-0.4, -0.2) is 0 Å². The van der Waals surface area contributed by atoms with E-state index in [0.29, 0.717) is 11.1 Å². The van der Waals surface area contributed by atoms with Crippen molar-refractivity contribution in [3.05, 3.63) is 182 Å². The molecule has 10 aromatic rings. The fraction of sp³-hybridized carbons (Fsp3) is 0. The Hall–Kier alpha value is -6.44. The SMILES string of the molecule is [2H]c1c([2H])c([2H])c(-c2c3c([2H])c([2H])c([2H])c([2H])c3c(-c3ccc(-c4ccc5oc6cccc(-c7cccc8ccccc78)c6c5c4)cc3)c3c([2H])c([2H])c([2H])c([2H])c23)c([2H])c1[2H]. The van der Waals surface area contributed by atoms with Crippen LogP contribution in [0.2, 0.25) is 0 Å². The molecule has 0 atom stereocenters. The van der Waals surface area contributed by atoms with Crippen molar-refractivity contribution in [2.45, 2.75) is 0 Å². The number of hydrogen-bond acceptors (Lipinski definition) is 1. The van der Waals surface area contributed by atoms with Gasteiger partial charge in [-0.3, -0.25) is 0 Å². The Balaban J connectivity index is 1.24. The maximum atomic E-state index is 9.23. The second-order valence-corrected chi connectivity index (χ2v) is 11.8. The zero-order chi connectivity index (χ0) is 43.6. The Morgan fingerprint density at radius 3 is 1.67 bits per heavy atom. The summed E-state index contributed by atoms with van der Waals surface area (Å²) < 4.78 is 121. The molecule has 0 saturated carbocycles. The monoisotopic (exact) mass is 635 g/mol. The van der Waals surface area contributed by atoms with Crippen molar-refractivity contribution in [2.24, 2.45) is 0 Å². The van der Waals surface area contributed by atoms with Crippen LogP contribution in [0.4, 0.5) is 0 Å². The summed E-state index contributed by atoms with van der Waals surface area (Å²) in [6, 6.07) is 25.1. The minimum Gasteiger partial charge on any atom is -0.456 e. The van der Waals surface area contributed by atoms with Crippen molar-refractivity contribution in [1.29, 1.82) is 0 Å². The first-order valence-electron chi connectivity index (χ1n) is 22.3. The first-order valence-corrected chi connectivity index (χ1v) is 15.8. The highest BCUT2D eigenvalue weighted by Gasteiger charge is 2.18. The van der Waals surface area contributed by atoms with E-state index in [9.17, 15) is 5.48 Å². The van der Waals surface area contributed by atoms with Crippen molar-refractivity contribution in [3.63, 3.8) is 0 Å². The van der Waals surface area contributed by atoms with Gasteiger partial charge in [-0.05, 0) is 95.0 Å². The number of fused-ring (bicyclic) bond motifs is 6. The molecule has 1 heteroatoms. The summed E-state index contributed by atoms with van der Waals surface area (Å²) in [4.78, 5) is 0. The van der Waals surface area contributed by atoms with Gasteiger partial charge in [-0.2, -0.15) is 0 Å². The van der Waals surface area contributed by atoms with Crippen LogP contribution in [0.15, 0.2) is 186 Å². The average molecular weight is 636 g/mol. The molecule has 0 saturated heterocycles. The molecule has 1 aromatic heterocycles. The average Bonchev–Trinajstić information content (AvgIpc) is 3.67. The number of benzene rings is 9.